The van der Waals surface area contributed by atoms with Crippen LogP contribution in [0.5, 0.6) is 5.75 Å². The highest BCUT2D eigenvalue weighted by Gasteiger charge is 2.07. The van der Waals surface area contributed by atoms with Crippen LogP contribution >= 0.6 is 0 Å². The van der Waals surface area contributed by atoms with Crippen LogP contribution in [0.4, 0.5) is 10.5 Å². The molecule has 2 rings (SSSR count). The maximum absolute atomic E-state index is 11.8. The maximum atomic E-state index is 11.8. The van der Waals surface area contributed by atoms with Crippen molar-refractivity contribution in [1.82, 2.24) is 0 Å². The van der Waals surface area contributed by atoms with Crippen molar-refractivity contribution in [1.29, 1.82) is 0 Å². The standard InChI is InChI=1S/C17H15NO3/c1-13-12-14(6-5-11-19)9-10-16(13)18-17(20)21-15-7-3-2-4-8-15/h2-4,7-10,12,19H,11H2,1H3,(H,18,20). The minimum atomic E-state index is -0.543. The summed E-state index contributed by atoms with van der Waals surface area (Å²) in [5, 5.41) is 11.3. The third-order valence-electron chi connectivity index (χ3n) is 2.73. The molecule has 2 aromatic carbocycles. The third-order valence-corrected chi connectivity index (χ3v) is 2.73. The van der Waals surface area contributed by atoms with Crippen molar-refractivity contribution in [2.24, 2.45) is 0 Å². The van der Waals surface area contributed by atoms with Gasteiger partial charge in [-0.15, -0.1) is 0 Å². The molecule has 0 spiro atoms. The molecule has 0 saturated carbocycles. The Morgan fingerprint density at radius 2 is 2.00 bits per heavy atom. The summed E-state index contributed by atoms with van der Waals surface area (Å²) in [6, 6.07) is 14.2. The van der Waals surface area contributed by atoms with E-state index in [-0.39, 0.29) is 6.61 Å². The number of hydrogen-bond acceptors (Lipinski definition) is 3. The second kappa shape index (κ2) is 7.13. The van der Waals surface area contributed by atoms with Gasteiger partial charge in [0.25, 0.3) is 0 Å². The first kappa shape index (κ1) is 14.6. The molecule has 0 radical (unpaired) electrons. The van der Waals surface area contributed by atoms with Gasteiger partial charge in [0, 0.05) is 11.3 Å². The van der Waals surface area contributed by atoms with Crippen molar-refractivity contribution >= 4 is 11.8 Å². The molecule has 1 amide bonds. The van der Waals surface area contributed by atoms with Gasteiger partial charge in [0.2, 0.25) is 0 Å². The number of benzene rings is 2. The van der Waals surface area contributed by atoms with Crippen molar-refractivity contribution < 1.29 is 14.6 Å². The second-order valence-corrected chi connectivity index (χ2v) is 4.32. The zero-order chi connectivity index (χ0) is 15.1. The van der Waals surface area contributed by atoms with Gasteiger partial charge in [-0.1, -0.05) is 30.0 Å². The smallest absolute Gasteiger partial charge is 0.410 e. The van der Waals surface area contributed by atoms with Crippen LogP contribution in [0.25, 0.3) is 0 Å². The molecule has 0 unspecified atom stereocenters. The lowest BCUT2D eigenvalue weighted by Crippen LogP contribution is -2.17. The van der Waals surface area contributed by atoms with Crippen LogP contribution in [0.15, 0.2) is 48.5 Å². The fourth-order valence-electron chi connectivity index (χ4n) is 1.75. The Balaban J connectivity index is 2.04. The molecule has 0 heterocycles. The molecule has 21 heavy (non-hydrogen) atoms. The van der Waals surface area contributed by atoms with E-state index < -0.39 is 6.09 Å². The molecule has 0 saturated heterocycles. The first-order valence-corrected chi connectivity index (χ1v) is 6.43. The number of anilines is 1. The Morgan fingerprint density at radius 3 is 2.67 bits per heavy atom. The summed E-state index contributed by atoms with van der Waals surface area (Å²) in [6.45, 7) is 1.69. The van der Waals surface area contributed by atoms with Gasteiger partial charge >= 0.3 is 6.09 Å². The van der Waals surface area contributed by atoms with E-state index >= 15 is 0 Å². The minimum Gasteiger partial charge on any atom is -0.410 e. The lowest BCUT2D eigenvalue weighted by atomic mass is 10.1. The number of carbonyl (C=O) groups excluding carboxylic acids is 1. The summed E-state index contributed by atoms with van der Waals surface area (Å²) >= 11 is 0. The van der Waals surface area contributed by atoms with Gasteiger partial charge in [0.15, 0.2) is 0 Å². The van der Waals surface area contributed by atoms with Crippen LogP contribution in [0, 0.1) is 18.8 Å². The first-order chi connectivity index (χ1) is 10.2. The van der Waals surface area contributed by atoms with E-state index in [1.54, 1.807) is 36.4 Å². The molecule has 0 fully saturated rings. The number of aliphatic hydroxyl groups is 1. The quantitative estimate of drug-likeness (QED) is 0.832. The average molecular weight is 281 g/mol. The second-order valence-electron chi connectivity index (χ2n) is 4.32. The number of carbonyl (C=O) groups is 1. The molecule has 2 aromatic rings. The maximum Gasteiger partial charge on any atom is 0.417 e. The number of aryl methyl sites for hydroxylation is 1. The predicted octanol–water partition coefficient (Wildman–Crippen LogP) is 2.95. The Labute approximate surface area is 123 Å². The fraction of sp³-hybridized carbons (Fsp3) is 0.118. The largest absolute Gasteiger partial charge is 0.417 e. The molecule has 0 aliphatic rings. The van der Waals surface area contributed by atoms with Crippen LogP contribution in [-0.2, 0) is 0 Å². The van der Waals surface area contributed by atoms with Crippen molar-refractivity contribution in [2.45, 2.75) is 6.92 Å². The predicted molar refractivity (Wildman–Crippen MR) is 81.2 cm³/mol. The summed E-state index contributed by atoms with van der Waals surface area (Å²) in [6.07, 6.45) is -0.543. The van der Waals surface area contributed by atoms with E-state index in [4.69, 9.17) is 9.84 Å². The number of amides is 1. The Kier molecular flexibility index (Phi) is 4.97. The molecular weight excluding hydrogens is 266 g/mol. The van der Waals surface area contributed by atoms with Gasteiger partial charge in [-0.25, -0.2) is 4.79 Å². The van der Waals surface area contributed by atoms with E-state index in [0.717, 1.165) is 11.1 Å². The van der Waals surface area contributed by atoms with Crippen LogP contribution < -0.4 is 10.1 Å². The van der Waals surface area contributed by atoms with Gasteiger partial charge in [-0.3, -0.25) is 5.32 Å². The van der Waals surface area contributed by atoms with E-state index in [1.165, 1.54) is 0 Å². The van der Waals surface area contributed by atoms with Crippen LogP contribution in [0.3, 0.4) is 0 Å². The van der Waals surface area contributed by atoms with Gasteiger partial charge in [-0.05, 0) is 42.8 Å². The molecule has 0 atom stereocenters. The van der Waals surface area contributed by atoms with E-state index in [9.17, 15) is 4.79 Å². The van der Waals surface area contributed by atoms with Crippen LogP contribution in [0.2, 0.25) is 0 Å². The van der Waals surface area contributed by atoms with E-state index in [0.29, 0.717) is 11.4 Å². The average Bonchev–Trinajstić information content (AvgIpc) is 2.48. The van der Waals surface area contributed by atoms with Crippen LogP contribution in [0.1, 0.15) is 11.1 Å². The van der Waals surface area contributed by atoms with Gasteiger partial charge < -0.3 is 9.84 Å². The molecule has 4 heteroatoms. The van der Waals surface area contributed by atoms with Crippen molar-refractivity contribution in [3.63, 3.8) is 0 Å². The minimum absolute atomic E-state index is 0.178. The molecule has 0 bridgehead atoms. The number of ether oxygens (including phenoxy) is 1. The monoisotopic (exact) mass is 281 g/mol. The van der Waals surface area contributed by atoms with Gasteiger partial charge in [-0.2, -0.15) is 0 Å². The van der Waals surface area contributed by atoms with Crippen molar-refractivity contribution in [3.05, 3.63) is 59.7 Å². The lowest BCUT2D eigenvalue weighted by molar-refractivity contribution is 0.215. The molecule has 4 nitrogen and oxygen atoms in total. The van der Waals surface area contributed by atoms with Crippen molar-refractivity contribution in [3.8, 4) is 17.6 Å². The van der Waals surface area contributed by atoms with Gasteiger partial charge in [0.1, 0.15) is 12.4 Å². The summed E-state index contributed by atoms with van der Waals surface area (Å²) in [4.78, 5) is 11.8. The van der Waals surface area contributed by atoms with Gasteiger partial charge in [0.05, 0.1) is 0 Å². The number of rotatable bonds is 2. The molecule has 0 aliphatic carbocycles. The molecule has 0 aromatic heterocycles. The number of para-hydroxylation sites is 1. The van der Waals surface area contributed by atoms with Crippen molar-refractivity contribution in [2.75, 3.05) is 11.9 Å². The highest BCUT2D eigenvalue weighted by atomic mass is 16.6. The molecule has 106 valence electrons. The fourth-order valence-corrected chi connectivity index (χ4v) is 1.75. The highest BCUT2D eigenvalue weighted by molar-refractivity contribution is 5.87. The number of nitrogens with one attached hydrogen (secondary N) is 1. The van der Waals surface area contributed by atoms with Crippen LogP contribution in [-0.4, -0.2) is 17.8 Å². The topological polar surface area (TPSA) is 58.6 Å². The van der Waals surface area contributed by atoms with E-state index in [1.807, 2.05) is 19.1 Å². The molecule has 0 aliphatic heterocycles. The summed E-state index contributed by atoms with van der Waals surface area (Å²) in [5.41, 5.74) is 2.30. The lowest BCUT2D eigenvalue weighted by Gasteiger charge is -2.09. The molecular formula is C17H15NO3. The summed E-state index contributed by atoms with van der Waals surface area (Å²) in [7, 11) is 0. The zero-order valence-electron chi connectivity index (χ0n) is 11.6. The third kappa shape index (κ3) is 4.37. The Hall–Kier alpha value is -2.77. The molecule has 2 N–H and O–H groups in total. The number of hydrogen-bond donors (Lipinski definition) is 2. The SMILES string of the molecule is Cc1cc(C#CCO)ccc1NC(=O)Oc1ccccc1. The number of aliphatic hydroxyl groups excluding tert-OH is 1. The normalized spacial score (nSPS) is 9.43. The zero-order valence-corrected chi connectivity index (χ0v) is 11.6. The highest BCUT2D eigenvalue weighted by Crippen LogP contribution is 2.17. The Morgan fingerprint density at radius 1 is 1.24 bits per heavy atom. The Bertz CT molecular complexity index is 684. The summed E-state index contributed by atoms with van der Waals surface area (Å²) in [5.74, 6) is 5.87. The summed E-state index contributed by atoms with van der Waals surface area (Å²) < 4.78 is 5.16. The first-order valence-electron chi connectivity index (χ1n) is 6.43. The van der Waals surface area contributed by atoms with E-state index in [2.05, 4.69) is 17.2 Å².